The number of benzene rings is 1. The number of halogens is 2. The second-order valence-electron chi connectivity index (χ2n) is 2.74. The van der Waals surface area contributed by atoms with Crippen LogP contribution in [0.3, 0.4) is 0 Å². The molecule has 1 aromatic carbocycles. The number of rotatable bonds is 2. The predicted octanol–water partition coefficient (Wildman–Crippen LogP) is 2.10. The number of carbonyl (C=O) groups is 1. The van der Waals surface area contributed by atoms with Gasteiger partial charge in [0.05, 0.1) is 11.8 Å². The van der Waals surface area contributed by atoms with Crippen molar-refractivity contribution in [1.29, 1.82) is 5.26 Å². The fourth-order valence-electron chi connectivity index (χ4n) is 1.07. The van der Waals surface area contributed by atoms with Gasteiger partial charge in [-0.15, -0.1) is 0 Å². The van der Waals surface area contributed by atoms with Gasteiger partial charge in [-0.1, -0.05) is 0 Å². The highest BCUT2D eigenvalue weighted by molar-refractivity contribution is 5.81. The first-order chi connectivity index (χ1) is 7.54. The van der Waals surface area contributed by atoms with Gasteiger partial charge in [-0.2, -0.15) is 5.26 Å². The summed E-state index contributed by atoms with van der Waals surface area (Å²) in [6.07, 6.45) is -0.616. The van der Waals surface area contributed by atoms with E-state index in [1.807, 2.05) is 5.32 Å². The van der Waals surface area contributed by atoms with Crippen LogP contribution >= 0.6 is 0 Å². The zero-order chi connectivity index (χ0) is 12.1. The highest BCUT2D eigenvalue weighted by Gasteiger charge is 2.11. The van der Waals surface area contributed by atoms with Crippen LogP contribution in [0.15, 0.2) is 24.3 Å². The lowest BCUT2D eigenvalue weighted by Gasteiger charge is -2.06. The topological polar surface area (TPSA) is 73.1 Å². The van der Waals surface area contributed by atoms with Crippen molar-refractivity contribution in [3.05, 3.63) is 41.5 Å². The van der Waals surface area contributed by atoms with Crippen LogP contribution in [-0.2, 0) is 0 Å². The second kappa shape index (κ2) is 4.89. The van der Waals surface area contributed by atoms with Crippen molar-refractivity contribution in [2.45, 2.75) is 0 Å². The largest absolute Gasteiger partial charge is 0.465 e. The molecule has 1 aromatic rings. The molecule has 0 aliphatic rings. The molecular weight excluding hydrogens is 218 g/mol. The second-order valence-corrected chi connectivity index (χ2v) is 2.74. The number of nitriles is 1. The molecule has 16 heavy (non-hydrogen) atoms. The summed E-state index contributed by atoms with van der Waals surface area (Å²) in [5, 5.41) is 18.7. The number of hydrogen-bond acceptors (Lipinski definition) is 2. The van der Waals surface area contributed by atoms with Gasteiger partial charge in [-0.3, -0.25) is 5.32 Å². The Labute approximate surface area is 89.4 Å². The van der Waals surface area contributed by atoms with Gasteiger partial charge in [-0.25, -0.2) is 13.6 Å². The van der Waals surface area contributed by atoms with Crippen molar-refractivity contribution in [1.82, 2.24) is 5.32 Å². The minimum absolute atomic E-state index is 0.189. The van der Waals surface area contributed by atoms with Gasteiger partial charge >= 0.3 is 6.09 Å². The predicted molar refractivity (Wildman–Crippen MR) is 51.1 cm³/mol. The minimum atomic E-state index is -1.44. The average Bonchev–Trinajstić information content (AvgIpc) is 2.16. The Morgan fingerprint density at radius 3 is 2.69 bits per heavy atom. The molecule has 82 valence electrons. The molecular formula is C10H6F2N2O2. The normalized spacial score (nSPS) is 10.7. The van der Waals surface area contributed by atoms with Crippen molar-refractivity contribution < 1.29 is 18.7 Å². The number of carboxylic acid groups (broad SMARTS) is 1. The molecule has 0 saturated carbocycles. The molecule has 0 spiro atoms. The lowest BCUT2D eigenvalue weighted by molar-refractivity contribution is 0.199. The van der Waals surface area contributed by atoms with E-state index in [0.717, 1.165) is 18.2 Å². The summed E-state index contributed by atoms with van der Waals surface area (Å²) >= 11 is 0. The van der Waals surface area contributed by atoms with Crippen LogP contribution in [0.5, 0.6) is 0 Å². The average molecular weight is 224 g/mol. The monoisotopic (exact) mass is 224 g/mol. The molecule has 0 fully saturated rings. The number of amides is 1. The van der Waals surface area contributed by atoms with Crippen molar-refractivity contribution >= 4 is 11.8 Å². The van der Waals surface area contributed by atoms with E-state index in [4.69, 9.17) is 10.4 Å². The van der Waals surface area contributed by atoms with E-state index in [-0.39, 0.29) is 11.3 Å². The van der Waals surface area contributed by atoms with Gasteiger partial charge in [0.2, 0.25) is 0 Å². The summed E-state index contributed by atoms with van der Waals surface area (Å²) in [6.45, 7) is 0. The van der Waals surface area contributed by atoms with Gasteiger partial charge in [-0.05, 0) is 12.1 Å². The molecule has 0 aliphatic heterocycles. The SMILES string of the molecule is N#C/C=C(/NC(=O)O)c1ccc(F)cc1F. The number of allylic oxidation sites excluding steroid dienone is 1. The van der Waals surface area contributed by atoms with Gasteiger partial charge in [0, 0.05) is 17.7 Å². The summed E-state index contributed by atoms with van der Waals surface area (Å²) in [6, 6.07) is 4.18. The Kier molecular flexibility index (Phi) is 3.56. The first-order valence-electron chi connectivity index (χ1n) is 4.09. The van der Waals surface area contributed by atoms with Crippen LogP contribution in [0.25, 0.3) is 5.70 Å². The minimum Gasteiger partial charge on any atom is -0.465 e. The zero-order valence-corrected chi connectivity index (χ0v) is 7.87. The molecule has 0 aromatic heterocycles. The van der Waals surface area contributed by atoms with E-state index in [9.17, 15) is 13.6 Å². The maximum absolute atomic E-state index is 13.3. The van der Waals surface area contributed by atoms with E-state index in [0.29, 0.717) is 6.07 Å². The summed E-state index contributed by atoms with van der Waals surface area (Å²) in [5.41, 5.74) is -0.433. The third kappa shape index (κ3) is 2.78. The van der Waals surface area contributed by atoms with Crippen molar-refractivity contribution in [3.8, 4) is 6.07 Å². The zero-order valence-electron chi connectivity index (χ0n) is 7.87. The van der Waals surface area contributed by atoms with E-state index in [2.05, 4.69) is 0 Å². The number of nitrogens with one attached hydrogen (secondary N) is 1. The summed E-state index contributed by atoms with van der Waals surface area (Å²) in [7, 11) is 0. The maximum Gasteiger partial charge on any atom is 0.409 e. The molecule has 0 heterocycles. The van der Waals surface area contributed by atoms with Gasteiger partial charge < -0.3 is 5.11 Å². The Balaban J connectivity index is 3.17. The summed E-state index contributed by atoms with van der Waals surface area (Å²) in [4.78, 5) is 10.4. The smallest absolute Gasteiger partial charge is 0.409 e. The van der Waals surface area contributed by atoms with Crippen LogP contribution in [0, 0.1) is 23.0 Å². The van der Waals surface area contributed by atoms with E-state index in [1.165, 1.54) is 0 Å². The van der Waals surface area contributed by atoms with Gasteiger partial charge in [0.15, 0.2) is 0 Å². The van der Waals surface area contributed by atoms with E-state index in [1.54, 1.807) is 6.07 Å². The Morgan fingerprint density at radius 2 is 2.19 bits per heavy atom. The fourth-order valence-corrected chi connectivity index (χ4v) is 1.07. The molecule has 0 bridgehead atoms. The summed E-state index contributed by atoms with van der Waals surface area (Å²) in [5.74, 6) is -1.73. The lowest BCUT2D eigenvalue weighted by atomic mass is 10.1. The van der Waals surface area contributed by atoms with Crippen LogP contribution in [0.1, 0.15) is 5.56 Å². The maximum atomic E-state index is 13.3. The van der Waals surface area contributed by atoms with E-state index < -0.39 is 17.7 Å². The molecule has 1 amide bonds. The number of nitrogens with zero attached hydrogens (tertiary/aromatic N) is 1. The summed E-state index contributed by atoms with van der Waals surface area (Å²) < 4.78 is 25.8. The Hall–Kier alpha value is -2.42. The Bertz CT molecular complexity index is 492. The Morgan fingerprint density at radius 1 is 1.50 bits per heavy atom. The lowest BCUT2D eigenvalue weighted by Crippen LogP contribution is -2.19. The molecule has 2 N–H and O–H groups in total. The van der Waals surface area contributed by atoms with E-state index >= 15 is 0 Å². The fraction of sp³-hybridized carbons (Fsp3) is 0. The van der Waals surface area contributed by atoms with Crippen LogP contribution in [-0.4, -0.2) is 11.2 Å². The van der Waals surface area contributed by atoms with Gasteiger partial charge in [0.25, 0.3) is 0 Å². The van der Waals surface area contributed by atoms with Crippen molar-refractivity contribution in [2.75, 3.05) is 0 Å². The standard InChI is InChI=1S/C10H6F2N2O2/c11-6-1-2-7(8(12)5-6)9(3-4-13)14-10(15)16/h1-3,5,14H,(H,15,16)/b9-3+. The highest BCUT2D eigenvalue weighted by Crippen LogP contribution is 2.16. The first-order valence-corrected chi connectivity index (χ1v) is 4.09. The van der Waals surface area contributed by atoms with Crippen LogP contribution in [0.4, 0.5) is 13.6 Å². The molecule has 0 aliphatic carbocycles. The highest BCUT2D eigenvalue weighted by atomic mass is 19.1. The molecule has 0 saturated heterocycles. The quantitative estimate of drug-likeness (QED) is 0.755. The number of hydrogen-bond donors (Lipinski definition) is 2. The van der Waals surface area contributed by atoms with Gasteiger partial charge in [0.1, 0.15) is 11.6 Å². The molecule has 0 atom stereocenters. The van der Waals surface area contributed by atoms with Crippen molar-refractivity contribution in [3.63, 3.8) is 0 Å². The molecule has 0 radical (unpaired) electrons. The third-order valence-electron chi connectivity index (χ3n) is 1.67. The molecule has 0 unspecified atom stereocenters. The molecule has 6 heteroatoms. The van der Waals surface area contributed by atoms with Crippen LogP contribution < -0.4 is 5.32 Å². The van der Waals surface area contributed by atoms with Crippen molar-refractivity contribution in [2.24, 2.45) is 0 Å². The third-order valence-corrected chi connectivity index (χ3v) is 1.67. The molecule has 4 nitrogen and oxygen atoms in total. The molecule has 1 rings (SSSR count). The first kappa shape index (κ1) is 11.7. The van der Waals surface area contributed by atoms with Crippen LogP contribution in [0.2, 0.25) is 0 Å².